The molecule has 6 heteroatoms. The molecule has 1 amide bonds. The summed E-state index contributed by atoms with van der Waals surface area (Å²) in [4.78, 5) is 11.8. The molecule has 0 atom stereocenters. The van der Waals surface area contributed by atoms with E-state index in [1.807, 2.05) is 12.1 Å². The Bertz CT molecular complexity index is 864. The largest absolute Gasteiger partial charge is 0.496 e. The number of carbonyl (C=O) groups is 1. The van der Waals surface area contributed by atoms with Gasteiger partial charge in [0.2, 0.25) is 0 Å². The molecule has 1 aromatic heterocycles. The van der Waals surface area contributed by atoms with Crippen molar-refractivity contribution in [3.05, 3.63) is 64.5 Å². The van der Waals surface area contributed by atoms with E-state index in [1.54, 1.807) is 31.0 Å². The van der Waals surface area contributed by atoms with Gasteiger partial charge in [-0.1, -0.05) is 28.1 Å². The number of furan rings is 1. The molecule has 1 heterocycles. The highest BCUT2D eigenvalue weighted by atomic mass is 79.9. The molecule has 0 aliphatic heterocycles. The Labute approximate surface area is 159 Å². The zero-order valence-electron chi connectivity index (χ0n) is 13.8. The van der Waals surface area contributed by atoms with Crippen LogP contribution in [0.2, 0.25) is 0 Å². The minimum absolute atomic E-state index is 0.182. The lowest BCUT2D eigenvalue weighted by Crippen LogP contribution is -2.25. The number of methoxy groups -OCH3 is 1. The van der Waals surface area contributed by atoms with Gasteiger partial charge in [-0.05, 0) is 41.1 Å². The Morgan fingerprint density at radius 1 is 1.28 bits per heavy atom. The molecule has 0 unspecified atom stereocenters. The Morgan fingerprint density at radius 2 is 2.16 bits per heavy atom. The summed E-state index contributed by atoms with van der Waals surface area (Å²) in [5, 5.41) is 5.22. The first-order valence-electron chi connectivity index (χ1n) is 7.83. The number of thioether (sulfide) groups is 1. The molecule has 130 valence electrons. The van der Waals surface area contributed by atoms with Crippen LogP contribution in [-0.4, -0.2) is 25.3 Å². The lowest BCUT2D eigenvalue weighted by Gasteiger charge is -2.12. The molecule has 3 aromatic rings. The summed E-state index contributed by atoms with van der Waals surface area (Å²) in [5.41, 5.74) is 1.18. The number of nitrogens with one attached hydrogen (secondary N) is 1. The van der Waals surface area contributed by atoms with Gasteiger partial charge in [0.05, 0.1) is 13.4 Å². The molecule has 25 heavy (non-hydrogen) atoms. The molecule has 0 spiro atoms. The molecule has 0 saturated carbocycles. The number of rotatable bonds is 7. The van der Waals surface area contributed by atoms with Crippen molar-refractivity contribution in [2.75, 3.05) is 19.4 Å². The van der Waals surface area contributed by atoms with Gasteiger partial charge >= 0.3 is 0 Å². The number of hydrogen-bond donors (Lipinski definition) is 1. The Morgan fingerprint density at radius 3 is 2.92 bits per heavy atom. The van der Waals surface area contributed by atoms with Crippen molar-refractivity contribution >= 4 is 44.4 Å². The maximum absolute atomic E-state index is 11.8. The lowest BCUT2D eigenvalue weighted by atomic mass is 10.0. The van der Waals surface area contributed by atoms with Crippen LogP contribution in [0.3, 0.4) is 0 Å². The molecule has 3 rings (SSSR count). The molecule has 0 bridgehead atoms. The van der Waals surface area contributed by atoms with Crippen molar-refractivity contribution in [2.24, 2.45) is 0 Å². The van der Waals surface area contributed by atoms with E-state index in [0.29, 0.717) is 12.3 Å². The maximum Gasteiger partial charge on any atom is 0.287 e. The summed E-state index contributed by atoms with van der Waals surface area (Å²) in [7, 11) is 1.69. The lowest BCUT2D eigenvalue weighted by molar-refractivity contribution is 0.0928. The third kappa shape index (κ3) is 4.38. The number of amides is 1. The standard InChI is InChI=1S/C19H18BrNO3S/c1-23-17-7-4-13-11-14(20)5-6-15(13)16(17)12-25-10-8-21-19(22)18-3-2-9-24-18/h2-7,9,11H,8,10,12H2,1H3,(H,21,22). The van der Waals surface area contributed by atoms with Gasteiger partial charge in [0.1, 0.15) is 5.75 Å². The maximum atomic E-state index is 11.8. The van der Waals surface area contributed by atoms with Gasteiger partial charge in [-0.2, -0.15) is 11.8 Å². The smallest absolute Gasteiger partial charge is 0.287 e. The summed E-state index contributed by atoms with van der Waals surface area (Å²) in [5.74, 6) is 2.67. The van der Waals surface area contributed by atoms with Crippen molar-refractivity contribution in [2.45, 2.75) is 5.75 Å². The number of ether oxygens (including phenoxy) is 1. The molecule has 0 aliphatic carbocycles. The first-order valence-corrected chi connectivity index (χ1v) is 9.78. The second kappa shape index (κ2) is 8.45. The first-order chi connectivity index (χ1) is 12.2. The average Bonchev–Trinajstić information content (AvgIpc) is 3.15. The Balaban J connectivity index is 1.60. The van der Waals surface area contributed by atoms with E-state index in [-0.39, 0.29) is 5.91 Å². The minimum Gasteiger partial charge on any atom is -0.496 e. The topological polar surface area (TPSA) is 51.5 Å². The van der Waals surface area contributed by atoms with Gasteiger partial charge in [-0.15, -0.1) is 0 Å². The zero-order chi connectivity index (χ0) is 17.6. The predicted octanol–water partition coefficient (Wildman–Crippen LogP) is 4.87. The molecule has 0 saturated heterocycles. The van der Waals surface area contributed by atoms with Crippen LogP contribution in [-0.2, 0) is 5.75 Å². The predicted molar refractivity (Wildman–Crippen MR) is 105 cm³/mol. The third-order valence-electron chi connectivity index (χ3n) is 3.79. The van der Waals surface area contributed by atoms with Crippen LogP contribution in [0.1, 0.15) is 16.1 Å². The molecule has 1 N–H and O–H groups in total. The van der Waals surface area contributed by atoms with E-state index < -0.39 is 0 Å². The number of benzene rings is 2. The van der Waals surface area contributed by atoms with Crippen LogP contribution in [0.15, 0.2) is 57.6 Å². The van der Waals surface area contributed by atoms with Crippen molar-refractivity contribution < 1.29 is 13.9 Å². The molecular formula is C19H18BrNO3S. The fourth-order valence-corrected chi connectivity index (χ4v) is 3.86. The zero-order valence-corrected chi connectivity index (χ0v) is 16.2. The normalized spacial score (nSPS) is 10.8. The van der Waals surface area contributed by atoms with Gasteiger partial charge in [-0.3, -0.25) is 4.79 Å². The van der Waals surface area contributed by atoms with Gasteiger partial charge < -0.3 is 14.5 Å². The Kier molecular flexibility index (Phi) is 6.04. The highest BCUT2D eigenvalue weighted by Gasteiger charge is 2.10. The number of carbonyl (C=O) groups excluding carboxylic acids is 1. The van der Waals surface area contributed by atoms with Crippen LogP contribution in [0.5, 0.6) is 5.75 Å². The highest BCUT2D eigenvalue weighted by molar-refractivity contribution is 9.10. The van der Waals surface area contributed by atoms with Crippen molar-refractivity contribution in [1.82, 2.24) is 5.32 Å². The SMILES string of the molecule is COc1ccc2cc(Br)ccc2c1CSCCNC(=O)c1ccco1. The molecule has 0 radical (unpaired) electrons. The average molecular weight is 420 g/mol. The molecule has 4 nitrogen and oxygen atoms in total. The second-order valence-electron chi connectivity index (χ2n) is 5.40. The summed E-state index contributed by atoms with van der Waals surface area (Å²) < 4.78 is 11.7. The van der Waals surface area contributed by atoms with Crippen molar-refractivity contribution in [3.8, 4) is 5.75 Å². The van der Waals surface area contributed by atoms with Crippen LogP contribution in [0.4, 0.5) is 0 Å². The molecular weight excluding hydrogens is 402 g/mol. The van der Waals surface area contributed by atoms with Crippen LogP contribution < -0.4 is 10.1 Å². The number of fused-ring (bicyclic) bond motifs is 1. The first kappa shape index (κ1) is 17.9. The summed E-state index contributed by atoms with van der Waals surface area (Å²) in [6, 6.07) is 13.7. The van der Waals surface area contributed by atoms with E-state index in [1.165, 1.54) is 22.6 Å². The van der Waals surface area contributed by atoms with Gasteiger partial charge in [0.15, 0.2) is 5.76 Å². The van der Waals surface area contributed by atoms with Gasteiger partial charge in [-0.25, -0.2) is 0 Å². The number of hydrogen-bond acceptors (Lipinski definition) is 4. The molecule has 2 aromatic carbocycles. The van der Waals surface area contributed by atoms with Crippen LogP contribution in [0, 0.1) is 0 Å². The summed E-state index contributed by atoms with van der Waals surface area (Å²) >= 11 is 5.27. The summed E-state index contributed by atoms with van der Waals surface area (Å²) in [6.07, 6.45) is 1.49. The quantitative estimate of drug-likeness (QED) is 0.555. The van der Waals surface area contributed by atoms with Crippen molar-refractivity contribution in [1.29, 1.82) is 0 Å². The van der Waals surface area contributed by atoms with E-state index in [4.69, 9.17) is 9.15 Å². The van der Waals surface area contributed by atoms with E-state index >= 15 is 0 Å². The second-order valence-corrected chi connectivity index (χ2v) is 7.42. The van der Waals surface area contributed by atoms with E-state index in [9.17, 15) is 4.79 Å². The van der Waals surface area contributed by atoms with Crippen LogP contribution >= 0.6 is 27.7 Å². The van der Waals surface area contributed by atoms with Gasteiger partial charge in [0.25, 0.3) is 5.91 Å². The molecule has 0 aliphatic rings. The van der Waals surface area contributed by atoms with E-state index in [0.717, 1.165) is 21.7 Å². The minimum atomic E-state index is -0.182. The monoisotopic (exact) mass is 419 g/mol. The highest BCUT2D eigenvalue weighted by Crippen LogP contribution is 2.32. The fourth-order valence-electron chi connectivity index (χ4n) is 2.59. The summed E-state index contributed by atoms with van der Waals surface area (Å²) in [6.45, 7) is 0.586. The van der Waals surface area contributed by atoms with E-state index in [2.05, 4.69) is 39.4 Å². The third-order valence-corrected chi connectivity index (χ3v) is 5.27. The van der Waals surface area contributed by atoms with Crippen LogP contribution in [0.25, 0.3) is 10.8 Å². The Hall–Kier alpha value is -1.92. The van der Waals surface area contributed by atoms with Gasteiger partial charge in [0, 0.05) is 28.1 Å². The number of halogens is 1. The molecule has 0 fully saturated rings. The van der Waals surface area contributed by atoms with Crippen molar-refractivity contribution in [3.63, 3.8) is 0 Å². The fraction of sp³-hybridized carbons (Fsp3) is 0.211.